The van der Waals surface area contributed by atoms with Crippen LogP contribution in [0, 0.1) is 26.7 Å². The zero-order chi connectivity index (χ0) is 15.4. The van der Waals surface area contributed by atoms with E-state index in [0.717, 1.165) is 16.7 Å². The van der Waals surface area contributed by atoms with E-state index in [4.69, 9.17) is 0 Å². The molecule has 0 saturated heterocycles. The van der Waals surface area contributed by atoms with Gasteiger partial charge in [0.2, 0.25) is 0 Å². The Labute approximate surface area is 120 Å². The Morgan fingerprint density at radius 1 is 1.20 bits per heavy atom. The molecule has 0 aliphatic heterocycles. The summed E-state index contributed by atoms with van der Waals surface area (Å²) in [5.74, 6) is -1.41. The zero-order valence-electron chi connectivity index (χ0n) is 12.8. The quantitative estimate of drug-likeness (QED) is 0.869. The van der Waals surface area contributed by atoms with Crippen molar-refractivity contribution < 1.29 is 14.7 Å². The van der Waals surface area contributed by atoms with Crippen LogP contribution in [0.4, 0.5) is 0 Å². The number of rotatable bonds is 5. The maximum atomic E-state index is 12.4. The van der Waals surface area contributed by atoms with Gasteiger partial charge < -0.3 is 10.4 Å². The first kappa shape index (κ1) is 16.2. The average molecular weight is 277 g/mol. The number of hydrogen-bond acceptors (Lipinski definition) is 2. The van der Waals surface area contributed by atoms with Crippen molar-refractivity contribution in [3.8, 4) is 0 Å². The lowest BCUT2D eigenvalue weighted by atomic mass is 9.96. The first-order valence-corrected chi connectivity index (χ1v) is 6.89. The van der Waals surface area contributed by atoms with E-state index in [1.807, 2.05) is 46.8 Å². The highest BCUT2D eigenvalue weighted by molar-refractivity contribution is 5.99. The molecule has 4 heteroatoms. The molecule has 1 amide bonds. The van der Waals surface area contributed by atoms with Crippen LogP contribution in [0.25, 0.3) is 0 Å². The van der Waals surface area contributed by atoms with E-state index < -0.39 is 12.0 Å². The Morgan fingerprint density at radius 3 is 2.10 bits per heavy atom. The summed E-state index contributed by atoms with van der Waals surface area (Å²) < 4.78 is 0. The number of carboxylic acids is 1. The fourth-order valence-corrected chi connectivity index (χ4v) is 2.43. The number of benzene rings is 1. The summed E-state index contributed by atoms with van der Waals surface area (Å²) in [6.07, 6.45) is 0.698. The smallest absolute Gasteiger partial charge is 0.326 e. The van der Waals surface area contributed by atoms with E-state index >= 15 is 0 Å². The second-order valence-electron chi connectivity index (χ2n) is 5.45. The molecule has 0 spiro atoms. The molecule has 1 rings (SSSR count). The number of carboxylic acid groups (broad SMARTS) is 1. The second-order valence-corrected chi connectivity index (χ2v) is 5.45. The molecule has 20 heavy (non-hydrogen) atoms. The van der Waals surface area contributed by atoms with Crippen LogP contribution in [-0.2, 0) is 4.79 Å². The summed E-state index contributed by atoms with van der Waals surface area (Å²) in [5, 5.41) is 11.9. The van der Waals surface area contributed by atoms with E-state index in [1.54, 1.807) is 0 Å². The van der Waals surface area contributed by atoms with Crippen molar-refractivity contribution in [2.24, 2.45) is 5.92 Å². The number of aliphatic carboxylic acids is 1. The summed E-state index contributed by atoms with van der Waals surface area (Å²) in [6, 6.07) is 3.01. The molecule has 2 N–H and O–H groups in total. The monoisotopic (exact) mass is 277 g/mol. The molecule has 0 aromatic heterocycles. The largest absolute Gasteiger partial charge is 0.480 e. The normalized spacial score (nSPS) is 13.7. The summed E-state index contributed by atoms with van der Waals surface area (Å²) in [5.41, 5.74) is 3.40. The van der Waals surface area contributed by atoms with Crippen LogP contribution in [-0.4, -0.2) is 23.0 Å². The van der Waals surface area contributed by atoms with E-state index in [0.29, 0.717) is 12.0 Å². The minimum absolute atomic E-state index is 0.109. The molecule has 0 aliphatic rings. The average Bonchev–Trinajstić information content (AvgIpc) is 2.33. The minimum atomic E-state index is -0.991. The molecule has 2 atom stereocenters. The third kappa shape index (κ3) is 3.59. The van der Waals surface area contributed by atoms with E-state index in [2.05, 4.69) is 5.32 Å². The summed E-state index contributed by atoms with van der Waals surface area (Å²) in [4.78, 5) is 23.6. The molecule has 0 radical (unpaired) electrons. The number of carbonyl (C=O) groups excluding carboxylic acids is 1. The number of aryl methyl sites for hydroxylation is 3. The van der Waals surface area contributed by atoms with E-state index in [9.17, 15) is 14.7 Å². The first-order chi connectivity index (χ1) is 9.27. The predicted octanol–water partition coefficient (Wildman–Crippen LogP) is 2.84. The van der Waals surface area contributed by atoms with Crippen LogP contribution in [0.5, 0.6) is 0 Å². The predicted molar refractivity (Wildman–Crippen MR) is 79.0 cm³/mol. The van der Waals surface area contributed by atoms with Gasteiger partial charge in [-0.15, -0.1) is 0 Å². The molecule has 1 unspecified atom stereocenters. The van der Waals surface area contributed by atoms with Gasteiger partial charge in [-0.25, -0.2) is 4.79 Å². The van der Waals surface area contributed by atoms with Crippen LogP contribution in [0.2, 0.25) is 0 Å². The zero-order valence-corrected chi connectivity index (χ0v) is 12.8. The van der Waals surface area contributed by atoms with Crippen LogP contribution in [0.1, 0.15) is 47.3 Å². The van der Waals surface area contributed by atoms with Gasteiger partial charge in [-0.3, -0.25) is 4.79 Å². The fraction of sp³-hybridized carbons (Fsp3) is 0.500. The number of hydrogen-bond donors (Lipinski definition) is 2. The maximum absolute atomic E-state index is 12.4. The maximum Gasteiger partial charge on any atom is 0.326 e. The lowest BCUT2D eigenvalue weighted by molar-refractivity contribution is -0.140. The van der Waals surface area contributed by atoms with Crippen LogP contribution in [0.3, 0.4) is 0 Å². The minimum Gasteiger partial charge on any atom is -0.480 e. The summed E-state index contributed by atoms with van der Waals surface area (Å²) in [7, 11) is 0. The molecule has 1 aromatic rings. The number of carbonyl (C=O) groups is 2. The molecule has 110 valence electrons. The van der Waals surface area contributed by atoms with Gasteiger partial charge in [0.25, 0.3) is 5.91 Å². The van der Waals surface area contributed by atoms with Gasteiger partial charge in [0, 0.05) is 5.56 Å². The van der Waals surface area contributed by atoms with Crippen molar-refractivity contribution >= 4 is 11.9 Å². The Bertz CT molecular complexity index is 499. The second kappa shape index (κ2) is 6.55. The fourth-order valence-electron chi connectivity index (χ4n) is 2.43. The van der Waals surface area contributed by atoms with Crippen LogP contribution in [0.15, 0.2) is 12.1 Å². The molecule has 0 bridgehead atoms. The Morgan fingerprint density at radius 2 is 1.70 bits per heavy atom. The molecule has 0 heterocycles. The van der Waals surface area contributed by atoms with Crippen molar-refractivity contribution in [2.45, 2.75) is 47.1 Å². The number of amides is 1. The van der Waals surface area contributed by atoms with Gasteiger partial charge in [0.1, 0.15) is 6.04 Å². The van der Waals surface area contributed by atoms with Crippen LogP contribution < -0.4 is 5.32 Å². The van der Waals surface area contributed by atoms with Crippen molar-refractivity contribution in [3.63, 3.8) is 0 Å². The van der Waals surface area contributed by atoms with E-state index in [1.165, 1.54) is 0 Å². The molecular formula is C16H23NO3. The lowest BCUT2D eigenvalue weighted by Crippen LogP contribution is -2.45. The highest BCUT2D eigenvalue weighted by Gasteiger charge is 2.26. The Hall–Kier alpha value is -1.84. The van der Waals surface area contributed by atoms with Gasteiger partial charge in [-0.1, -0.05) is 38.0 Å². The van der Waals surface area contributed by atoms with Crippen molar-refractivity contribution in [1.82, 2.24) is 5.32 Å². The van der Waals surface area contributed by atoms with Crippen molar-refractivity contribution in [2.75, 3.05) is 0 Å². The van der Waals surface area contributed by atoms with Gasteiger partial charge in [0.15, 0.2) is 0 Å². The number of nitrogens with one attached hydrogen (secondary N) is 1. The van der Waals surface area contributed by atoms with Gasteiger partial charge in [0.05, 0.1) is 0 Å². The molecule has 1 aromatic carbocycles. The van der Waals surface area contributed by atoms with Gasteiger partial charge in [-0.2, -0.15) is 0 Å². The van der Waals surface area contributed by atoms with Crippen molar-refractivity contribution in [1.29, 1.82) is 0 Å². The topological polar surface area (TPSA) is 66.4 Å². The van der Waals surface area contributed by atoms with Crippen LogP contribution >= 0.6 is 0 Å². The molecule has 0 saturated carbocycles. The van der Waals surface area contributed by atoms with E-state index in [-0.39, 0.29) is 11.8 Å². The van der Waals surface area contributed by atoms with Gasteiger partial charge >= 0.3 is 5.97 Å². The molecule has 0 fully saturated rings. The Kier molecular flexibility index (Phi) is 5.31. The highest BCUT2D eigenvalue weighted by Crippen LogP contribution is 2.17. The molecular weight excluding hydrogens is 254 g/mol. The standard InChI is InChI=1S/C16H23NO3/c1-6-10(3)14(16(19)20)17-15(18)13-11(4)7-9(2)8-12(13)5/h7-8,10,14H,6H2,1-5H3,(H,17,18)(H,19,20)/t10?,14-/m0/s1. The third-order valence-corrected chi connectivity index (χ3v) is 3.67. The SMILES string of the molecule is CCC(C)[C@H](NC(=O)c1c(C)cc(C)cc1C)C(=O)O. The summed E-state index contributed by atoms with van der Waals surface area (Å²) >= 11 is 0. The van der Waals surface area contributed by atoms with Gasteiger partial charge in [-0.05, 0) is 37.8 Å². The van der Waals surface area contributed by atoms with Crippen molar-refractivity contribution in [3.05, 3.63) is 34.4 Å². The Balaban J connectivity index is 3.04. The lowest BCUT2D eigenvalue weighted by Gasteiger charge is -2.21. The molecule has 4 nitrogen and oxygen atoms in total. The highest BCUT2D eigenvalue weighted by atomic mass is 16.4. The summed E-state index contributed by atoms with van der Waals surface area (Å²) in [6.45, 7) is 9.45. The molecule has 0 aliphatic carbocycles. The first-order valence-electron chi connectivity index (χ1n) is 6.89. The third-order valence-electron chi connectivity index (χ3n) is 3.67.